The molecule has 0 unspecified atom stereocenters. The third kappa shape index (κ3) is 5.53. The van der Waals surface area contributed by atoms with Crippen LogP contribution in [0.2, 0.25) is 0 Å². The van der Waals surface area contributed by atoms with E-state index in [0.717, 1.165) is 18.7 Å². The standard InChI is InChI=1S/C15H22N4O.HI/c16-14(20)13-7-5-6-12(10-13)11-18-15(17)19-8-3-1-2-4-9-19;/h5-7,10H,1-4,8-9,11H2,(H2,16,20)(H2,17,18);1H. The molecule has 1 aromatic carbocycles. The molecule has 21 heavy (non-hydrogen) atoms. The normalized spacial score (nSPS) is 16.0. The second-order valence-electron chi connectivity index (χ2n) is 5.14. The second-order valence-corrected chi connectivity index (χ2v) is 5.14. The van der Waals surface area contributed by atoms with Crippen LogP contribution in [0.4, 0.5) is 0 Å². The maximum absolute atomic E-state index is 11.1. The average Bonchev–Trinajstić information content (AvgIpc) is 2.74. The minimum atomic E-state index is -0.420. The van der Waals surface area contributed by atoms with Crippen LogP contribution in [0.15, 0.2) is 29.3 Å². The molecule has 1 heterocycles. The molecule has 6 heteroatoms. The maximum atomic E-state index is 11.1. The van der Waals surface area contributed by atoms with Crippen LogP contribution in [0.25, 0.3) is 0 Å². The quantitative estimate of drug-likeness (QED) is 0.461. The minimum Gasteiger partial charge on any atom is -0.370 e. The number of primary amides is 1. The molecular weight excluding hydrogens is 379 g/mol. The van der Waals surface area contributed by atoms with Gasteiger partial charge in [-0.05, 0) is 30.5 Å². The summed E-state index contributed by atoms with van der Waals surface area (Å²) in [5.74, 6) is 0.174. The van der Waals surface area contributed by atoms with Crippen molar-refractivity contribution in [2.24, 2.45) is 16.5 Å². The van der Waals surface area contributed by atoms with Crippen molar-refractivity contribution in [3.8, 4) is 0 Å². The van der Waals surface area contributed by atoms with E-state index in [9.17, 15) is 4.79 Å². The Morgan fingerprint density at radius 3 is 2.43 bits per heavy atom. The van der Waals surface area contributed by atoms with Crippen LogP contribution in [0.1, 0.15) is 41.6 Å². The molecule has 4 N–H and O–H groups in total. The number of amides is 1. The van der Waals surface area contributed by atoms with Crippen molar-refractivity contribution in [3.63, 3.8) is 0 Å². The van der Waals surface area contributed by atoms with E-state index in [-0.39, 0.29) is 24.0 Å². The van der Waals surface area contributed by atoms with Gasteiger partial charge in [-0.3, -0.25) is 4.79 Å². The van der Waals surface area contributed by atoms with Gasteiger partial charge in [-0.25, -0.2) is 4.99 Å². The van der Waals surface area contributed by atoms with Gasteiger partial charge in [0.1, 0.15) is 0 Å². The van der Waals surface area contributed by atoms with Crippen molar-refractivity contribution >= 4 is 35.8 Å². The Balaban J connectivity index is 0.00000220. The Morgan fingerprint density at radius 1 is 1.14 bits per heavy atom. The van der Waals surface area contributed by atoms with Gasteiger partial charge in [-0.2, -0.15) is 0 Å². The number of rotatable bonds is 3. The van der Waals surface area contributed by atoms with Gasteiger partial charge < -0.3 is 16.4 Å². The smallest absolute Gasteiger partial charge is 0.248 e. The Labute approximate surface area is 142 Å². The van der Waals surface area contributed by atoms with Crippen molar-refractivity contribution < 1.29 is 4.79 Å². The summed E-state index contributed by atoms with van der Waals surface area (Å²) in [7, 11) is 0. The SMILES string of the molecule is I.NC(=O)c1cccc(CN=C(N)N2CCCCCC2)c1. The predicted molar refractivity (Wildman–Crippen MR) is 95.7 cm³/mol. The summed E-state index contributed by atoms with van der Waals surface area (Å²) in [6.45, 7) is 2.44. The highest BCUT2D eigenvalue weighted by Crippen LogP contribution is 2.10. The fraction of sp³-hybridized carbons (Fsp3) is 0.467. The topological polar surface area (TPSA) is 84.7 Å². The zero-order valence-electron chi connectivity index (χ0n) is 12.1. The number of aliphatic imine (C=N–C) groups is 1. The highest BCUT2D eigenvalue weighted by atomic mass is 127. The molecule has 1 amide bonds. The van der Waals surface area contributed by atoms with E-state index in [1.807, 2.05) is 12.1 Å². The third-order valence-electron chi connectivity index (χ3n) is 3.57. The largest absolute Gasteiger partial charge is 0.370 e. The Morgan fingerprint density at radius 2 is 1.81 bits per heavy atom. The lowest BCUT2D eigenvalue weighted by molar-refractivity contribution is 0.1000. The van der Waals surface area contributed by atoms with Crippen LogP contribution in [-0.2, 0) is 6.54 Å². The van der Waals surface area contributed by atoms with Crippen LogP contribution >= 0.6 is 24.0 Å². The highest BCUT2D eigenvalue weighted by molar-refractivity contribution is 14.0. The van der Waals surface area contributed by atoms with E-state index < -0.39 is 5.91 Å². The molecule has 5 nitrogen and oxygen atoms in total. The van der Waals surface area contributed by atoms with Gasteiger partial charge in [0.15, 0.2) is 5.96 Å². The van der Waals surface area contributed by atoms with Crippen LogP contribution in [0.5, 0.6) is 0 Å². The summed E-state index contributed by atoms with van der Waals surface area (Å²) in [5.41, 5.74) is 12.8. The van der Waals surface area contributed by atoms with Crippen LogP contribution in [-0.4, -0.2) is 29.9 Å². The molecule has 0 saturated carbocycles. The first-order chi connectivity index (χ1) is 9.66. The van der Waals surface area contributed by atoms with E-state index in [2.05, 4.69) is 9.89 Å². The number of nitrogens with zero attached hydrogens (tertiary/aromatic N) is 2. The minimum absolute atomic E-state index is 0. The average molecular weight is 402 g/mol. The zero-order valence-corrected chi connectivity index (χ0v) is 14.5. The van der Waals surface area contributed by atoms with E-state index >= 15 is 0 Å². The highest BCUT2D eigenvalue weighted by Gasteiger charge is 2.10. The van der Waals surface area contributed by atoms with Crippen molar-refractivity contribution in [1.82, 2.24) is 4.90 Å². The Hall–Kier alpha value is -1.31. The fourth-order valence-corrected chi connectivity index (χ4v) is 2.40. The number of hydrogen-bond acceptors (Lipinski definition) is 2. The molecule has 1 aliphatic heterocycles. The van der Waals surface area contributed by atoms with Crippen molar-refractivity contribution in [3.05, 3.63) is 35.4 Å². The summed E-state index contributed by atoms with van der Waals surface area (Å²) < 4.78 is 0. The second kappa shape index (κ2) is 8.86. The first kappa shape index (κ1) is 17.7. The summed E-state index contributed by atoms with van der Waals surface area (Å²) in [4.78, 5) is 17.7. The molecule has 1 fully saturated rings. The molecule has 0 aliphatic carbocycles. The van der Waals surface area contributed by atoms with Gasteiger partial charge >= 0.3 is 0 Å². The molecule has 0 bridgehead atoms. The number of halogens is 1. The van der Waals surface area contributed by atoms with Gasteiger partial charge in [-0.1, -0.05) is 25.0 Å². The molecule has 0 atom stereocenters. The van der Waals surface area contributed by atoms with Crippen LogP contribution < -0.4 is 11.5 Å². The molecule has 1 aromatic rings. The number of carbonyl (C=O) groups excluding carboxylic acids is 1. The first-order valence-electron chi connectivity index (χ1n) is 7.10. The molecule has 0 radical (unpaired) electrons. The van der Waals surface area contributed by atoms with Gasteiger partial charge in [0.2, 0.25) is 5.91 Å². The number of likely N-dealkylation sites (tertiary alicyclic amines) is 1. The summed E-state index contributed by atoms with van der Waals surface area (Å²) in [6, 6.07) is 7.20. The summed E-state index contributed by atoms with van der Waals surface area (Å²) >= 11 is 0. The van der Waals surface area contributed by atoms with Crippen LogP contribution in [0.3, 0.4) is 0 Å². The summed E-state index contributed by atoms with van der Waals surface area (Å²) in [6.07, 6.45) is 4.88. The van der Waals surface area contributed by atoms with Gasteiger partial charge in [0, 0.05) is 18.7 Å². The van der Waals surface area contributed by atoms with Crippen molar-refractivity contribution in [2.45, 2.75) is 32.2 Å². The van der Waals surface area contributed by atoms with E-state index in [1.54, 1.807) is 12.1 Å². The van der Waals surface area contributed by atoms with Gasteiger partial charge in [-0.15, -0.1) is 24.0 Å². The number of benzene rings is 1. The van der Waals surface area contributed by atoms with Gasteiger partial charge in [0.05, 0.1) is 6.54 Å². The van der Waals surface area contributed by atoms with Crippen molar-refractivity contribution in [2.75, 3.05) is 13.1 Å². The number of carbonyl (C=O) groups is 1. The molecule has 1 saturated heterocycles. The van der Waals surface area contributed by atoms with Crippen molar-refractivity contribution in [1.29, 1.82) is 0 Å². The maximum Gasteiger partial charge on any atom is 0.248 e. The third-order valence-corrected chi connectivity index (χ3v) is 3.57. The molecule has 0 spiro atoms. The molecule has 116 valence electrons. The van der Waals surface area contributed by atoms with Gasteiger partial charge in [0.25, 0.3) is 0 Å². The predicted octanol–water partition coefficient (Wildman–Crippen LogP) is 2.09. The first-order valence-corrected chi connectivity index (χ1v) is 7.10. The number of nitrogens with two attached hydrogens (primary N) is 2. The van der Waals surface area contributed by atoms with E-state index in [0.29, 0.717) is 18.1 Å². The van der Waals surface area contributed by atoms with Crippen LogP contribution in [0, 0.1) is 0 Å². The Kier molecular flexibility index (Phi) is 7.49. The summed E-state index contributed by atoms with van der Waals surface area (Å²) in [5, 5.41) is 0. The Bertz CT molecular complexity index is 496. The zero-order chi connectivity index (χ0) is 14.4. The fourth-order valence-electron chi connectivity index (χ4n) is 2.40. The lowest BCUT2D eigenvalue weighted by Gasteiger charge is -2.21. The molecule has 0 aromatic heterocycles. The van der Waals surface area contributed by atoms with E-state index in [1.165, 1.54) is 25.7 Å². The van der Waals surface area contributed by atoms with E-state index in [4.69, 9.17) is 11.5 Å². The number of guanidine groups is 1. The number of hydrogen-bond donors (Lipinski definition) is 2. The molecule has 2 rings (SSSR count). The monoisotopic (exact) mass is 402 g/mol. The lowest BCUT2D eigenvalue weighted by atomic mass is 10.1. The lowest BCUT2D eigenvalue weighted by Crippen LogP contribution is -2.38. The molecule has 1 aliphatic rings. The molecular formula is C15H23IN4O.